The summed E-state index contributed by atoms with van der Waals surface area (Å²) in [6, 6.07) is 7.11. The van der Waals surface area contributed by atoms with Crippen LogP contribution in [0.15, 0.2) is 24.3 Å². The Kier molecular flexibility index (Phi) is 4.97. The predicted octanol–water partition coefficient (Wildman–Crippen LogP) is 1.64. The number of carbonyl (C=O) groups excluding carboxylic acids is 1. The first-order valence-electron chi connectivity index (χ1n) is 5.77. The number of carbonyl (C=O) groups is 1. The maximum Gasteiger partial charge on any atom is 0.260 e. The lowest BCUT2D eigenvalue weighted by Gasteiger charge is -2.15. The number of ether oxygens (including phenoxy) is 1. The molecule has 0 heterocycles. The van der Waals surface area contributed by atoms with Crippen molar-refractivity contribution in [1.82, 2.24) is 5.32 Å². The lowest BCUT2D eigenvalue weighted by molar-refractivity contribution is -0.127. The minimum Gasteiger partial charge on any atom is -0.481 e. The number of benzene rings is 1. The summed E-state index contributed by atoms with van der Waals surface area (Å²) in [5.74, 6) is 0.442. The molecule has 2 N–H and O–H groups in total. The van der Waals surface area contributed by atoms with Crippen LogP contribution in [0.4, 0.5) is 0 Å². The zero-order valence-corrected chi connectivity index (χ0v) is 10.4. The highest BCUT2D eigenvalue weighted by atomic mass is 16.5. The van der Waals surface area contributed by atoms with Gasteiger partial charge in [0.1, 0.15) is 5.75 Å². The highest BCUT2D eigenvalue weighted by Gasteiger charge is 2.13. The van der Waals surface area contributed by atoms with Gasteiger partial charge in [0.15, 0.2) is 6.10 Å². The van der Waals surface area contributed by atoms with E-state index in [4.69, 9.17) is 4.74 Å². The van der Waals surface area contributed by atoms with Crippen molar-refractivity contribution in [2.45, 2.75) is 33.0 Å². The zero-order chi connectivity index (χ0) is 12.8. The van der Waals surface area contributed by atoms with Gasteiger partial charge in [-0.3, -0.25) is 4.79 Å². The van der Waals surface area contributed by atoms with E-state index in [2.05, 4.69) is 5.32 Å². The summed E-state index contributed by atoms with van der Waals surface area (Å²) in [6.07, 6.45) is -1.09. The van der Waals surface area contributed by atoms with Crippen molar-refractivity contribution in [3.63, 3.8) is 0 Å². The molecule has 0 aliphatic rings. The number of aliphatic hydroxyl groups excluding tert-OH is 1. The predicted molar refractivity (Wildman–Crippen MR) is 65.8 cm³/mol. The minimum absolute atomic E-state index is 0.144. The molecule has 2 unspecified atom stereocenters. The SMILES string of the molecule is CCNC(=O)C(C)Oc1cccc(C(C)O)c1. The molecule has 0 spiro atoms. The molecule has 0 radical (unpaired) electrons. The molecule has 4 nitrogen and oxygen atoms in total. The number of nitrogens with one attached hydrogen (secondary N) is 1. The molecule has 1 rings (SSSR count). The summed E-state index contributed by atoms with van der Waals surface area (Å²) in [7, 11) is 0. The Morgan fingerprint density at radius 1 is 1.47 bits per heavy atom. The fraction of sp³-hybridized carbons (Fsp3) is 0.462. The van der Waals surface area contributed by atoms with E-state index in [1.807, 2.05) is 13.0 Å². The molecule has 94 valence electrons. The van der Waals surface area contributed by atoms with Crippen LogP contribution in [-0.4, -0.2) is 23.7 Å². The first kappa shape index (κ1) is 13.5. The van der Waals surface area contributed by atoms with E-state index in [1.165, 1.54) is 0 Å². The molecular formula is C13H19NO3. The van der Waals surface area contributed by atoms with Crippen molar-refractivity contribution in [2.75, 3.05) is 6.54 Å². The lowest BCUT2D eigenvalue weighted by Crippen LogP contribution is -2.36. The van der Waals surface area contributed by atoms with Gasteiger partial charge in [0.25, 0.3) is 5.91 Å². The molecule has 2 atom stereocenters. The van der Waals surface area contributed by atoms with E-state index in [9.17, 15) is 9.90 Å². The molecule has 4 heteroatoms. The van der Waals surface area contributed by atoms with Gasteiger partial charge in [0.2, 0.25) is 0 Å². The Morgan fingerprint density at radius 3 is 2.76 bits per heavy atom. The van der Waals surface area contributed by atoms with Crippen LogP contribution in [0.25, 0.3) is 0 Å². The van der Waals surface area contributed by atoms with Gasteiger partial charge in [-0.15, -0.1) is 0 Å². The van der Waals surface area contributed by atoms with Crippen LogP contribution in [-0.2, 0) is 4.79 Å². The number of likely N-dealkylation sites (N-methyl/N-ethyl adjacent to an activating group) is 1. The summed E-state index contributed by atoms with van der Waals surface area (Å²) < 4.78 is 5.50. The number of hydrogen-bond donors (Lipinski definition) is 2. The third-order valence-electron chi connectivity index (χ3n) is 2.37. The van der Waals surface area contributed by atoms with Crippen molar-refractivity contribution in [3.05, 3.63) is 29.8 Å². The van der Waals surface area contributed by atoms with Gasteiger partial charge in [0.05, 0.1) is 6.10 Å². The molecule has 0 bridgehead atoms. The Labute approximate surface area is 102 Å². The largest absolute Gasteiger partial charge is 0.481 e. The lowest BCUT2D eigenvalue weighted by atomic mass is 10.1. The van der Waals surface area contributed by atoms with Crippen molar-refractivity contribution < 1.29 is 14.6 Å². The van der Waals surface area contributed by atoms with Crippen LogP contribution in [0, 0.1) is 0 Å². The smallest absolute Gasteiger partial charge is 0.260 e. The van der Waals surface area contributed by atoms with Crippen LogP contribution in [0.2, 0.25) is 0 Å². The average molecular weight is 237 g/mol. The van der Waals surface area contributed by atoms with Gasteiger partial charge in [0, 0.05) is 6.54 Å². The average Bonchev–Trinajstić information content (AvgIpc) is 2.29. The van der Waals surface area contributed by atoms with Gasteiger partial charge < -0.3 is 15.2 Å². The van der Waals surface area contributed by atoms with Crippen molar-refractivity contribution >= 4 is 5.91 Å². The van der Waals surface area contributed by atoms with Gasteiger partial charge >= 0.3 is 0 Å². The molecule has 0 aliphatic heterocycles. The molecule has 0 aliphatic carbocycles. The van der Waals surface area contributed by atoms with Crippen LogP contribution >= 0.6 is 0 Å². The number of amides is 1. The highest BCUT2D eigenvalue weighted by molar-refractivity contribution is 5.80. The fourth-order valence-corrected chi connectivity index (χ4v) is 1.42. The molecule has 1 aromatic rings. The number of rotatable bonds is 5. The van der Waals surface area contributed by atoms with E-state index in [1.54, 1.807) is 32.0 Å². The van der Waals surface area contributed by atoms with E-state index < -0.39 is 12.2 Å². The fourth-order valence-electron chi connectivity index (χ4n) is 1.42. The van der Waals surface area contributed by atoms with Crippen molar-refractivity contribution in [2.24, 2.45) is 0 Å². The Bertz CT molecular complexity index is 377. The Morgan fingerprint density at radius 2 is 2.18 bits per heavy atom. The Hall–Kier alpha value is -1.55. The van der Waals surface area contributed by atoms with Gasteiger partial charge in [-0.05, 0) is 38.5 Å². The summed E-state index contributed by atoms with van der Waals surface area (Å²) in [5.41, 5.74) is 0.769. The molecule has 0 saturated carbocycles. The molecule has 0 aromatic heterocycles. The van der Waals surface area contributed by atoms with E-state index in [0.29, 0.717) is 12.3 Å². The second-order valence-electron chi connectivity index (χ2n) is 3.90. The molecule has 1 amide bonds. The number of aliphatic hydroxyl groups is 1. The van der Waals surface area contributed by atoms with Crippen LogP contribution in [0.1, 0.15) is 32.4 Å². The maximum atomic E-state index is 11.5. The summed E-state index contributed by atoms with van der Waals surface area (Å²) in [6.45, 7) is 5.82. The second kappa shape index (κ2) is 6.25. The molecular weight excluding hydrogens is 218 g/mol. The summed E-state index contributed by atoms with van der Waals surface area (Å²) >= 11 is 0. The molecule has 1 aromatic carbocycles. The van der Waals surface area contributed by atoms with E-state index >= 15 is 0 Å². The van der Waals surface area contributed by atoms with Gasteiger partial charge in [-0.2, -0.15) is 0 Å². The quantitative estimate of drug-likeness (QED) is 0.818. The first-order chi connectivity index (χ1) is 8.04. The van der Waals surface area contributed by atoms with Gasteiger partial charge in [-0.25, -0.2) is 0 Å². The van der Waals surface area contributed by atoms with Crippen molar-refractivity contribution in [1.29, 1.82) is 0 Å². The third-order valence-corrected chi connectivity index (χ3v) is 2.37. The van der Waals surface area contributed by atoms with Crippen LogP contribution in [0.5, 0.6) is 5.75 Å². The molecule has 0 saturated heterocycles. The third kappa shape index (κ3) is 4.07. The molecule has 0 fully saturated rings. The van der Waals surface area contributed by atoms with Crippen molar-refractivity contribution in [3.8, 4) is 5.75 Å². The first-order valence-corrected chi connectivity index (χ1v) is 5.77. The normalized spacial score (nSPS) is 13.9. The monoisotopic (exact) mass is 237 g/mol. The van der Waals surface area contributed by atoms with Crippen LogP contribution in [0.3, 0.4) is 0 Å². The molecule has 17 heavy (non-hydrogen) atoms. The second-order valence-corrected chi connectivity index (χ2v) is 3.90. The van der Waals surface area contributed by atoms with Gasteiger partial charge in [-0.1, -0.05) is 12.1 Å². The topological polar surface area (TPSA) is 58.6 Å². The van der Waals surface area contributed by atoms with E-state index in [-0.39, 0.29) is 5.91 Å². The zero-order valence-electron chi connectivity index (χ0n) is 10.4. The maximum absolute atomic E-state index is 11.5. The van der Waals surface area contributed by atoms with Crippen LogP contribution < -0.4 is 10.1 Å². The standard InChI is InChI=1S/C13H19NO3/c1-4-14-13(16)10(3)17-12-7-5-6-11(8-12)9(2)15/h5-10,15H,4H2,1-3H3,(H,14,16). The highest BCUT2D eigenvalue weighted by Crippen LogP contribution is 2.19. The minimum atomic E-state index is -0.543. The number of hydrogen-bond acceptors (Lipinski definition) is 3. The summed E-state index contributed by atoms with van der Waals surface area (Å²) in [5, 5.41) is 12.1. The van der Waals surface area contributed by atoms with E-state index in [0.717, 1.165) is 5.56 Å². The summed E-state index contributed by atoms with van der Waals surface area (Å²) in [4.78, 5) is 11.5. The Balaban J connectivity index is 2.68.